The highest BCUT2D eigenvalue weighted by molar-refractivity contribution is 6.00. The van der Waals surface area contributed by atoms with Gasteiger partial charge in [-0.1, -0.05) is 6.07 Å². The Kier molecular flexibility index (Phi) is 2.33. The van der Waals surface area contributed by atoms with Gasteiger partial charge in [0.15, 0.2) is 5.78 Å². The van der Waals surface area contributed by atoms with Crippen molar-refractivity contribution in [2.24, 2.45) is 5.41 Å². The van der Waals surface area contributed by atoms with E-state index in [1.807, 2.05) is 19.2 Å². The highest BCUT2D eigenvalue weighted by Gasteiger charge is 2.49. The molecule has 0 spiro atoms. The maximum absolute atomic E-state index is 12.0. The first kappa shape index (κ1) is 9.34. The Morgan fingerprint density at radius 2 is 2.36 bits per heavy atom. The van der Waals surface area contributed by atoms with Crippen molar-refractivity contribution in [1.29, 1.82) is 0 Å². The second-order valence-corrected chi connectivity index (χ2v) is 3.85. The van der Waals surface area contributed by atoms with Gasteiger partial charge in [-0.2, -0.15) is 0 Å². The number of hydrogen-bond donors (Lipinski definition) is 1. The molecule has 3 heteroatoms. The number of pyridine rings is 1. The van der Waals surface area contributed by atoms with Crippen LogP contribution in [-0.2, 0) is 0 Å². The number of hydrogen-bond acceptors (Lipinski definition) is 3. The van der Waals surface area contributed by atoms with Crippen LogP contribution in [0.25, 0.3) is 0 Å². The van der Waals surface area contributed by atoms with Crippen molar-refractivity contribution < 1.29 is 4.79 Å². The SMILES string of the molecule is CNCC1(C(=O)c2ccccn2)CC1. The topological polar surface area (TPSA) is 42.0 Å². The molecule has 0 amide bonds. The van der Waals surface area contributed by atoms with Crippen LogP contribution in [0.3, 0.4) is 0 Å². The standard InChI is InChI=1S/C11H14N2O/c1-12-8-11(5-6-11)10(14)9-4-2-3-7-13-9/h2-4,7,12H,5-6,8H2,1H3. The third-order valence-corrected chi connectivity index (χ3v) is 2.75. The second kappa shape index (κ2) is 3.50. The molecule has 2 rings (SSSR count). The lowest BCUT2D eigenvalue weighted by Crippen LogP contribution is -2.28. The third-order valence-electron chi connectivity index (χ3n) is 2.75. The van der Waals surface area contributed by atoms with Gasteiger partial charge in [0.25, 0.3) is 0 Å². The summed E-state index contributed by atoms with van der Waals surface area (Å²) >= 11 is 0. The molecule has 1 N–H and O–H groups in total. The second-order valence-electron chi connectivity index (χ2n) is 3.85. The van der Waals surface area contributed by atoms with Crippen LogP contribution in [0.2, 0.25) is 0 Å². The number of Topliss-reactive ketones (excluding diaryl/α,β-unsaturated/α-hetero) is 1. The summed E-state index contributed by atoms with van der Waals surface area (Å²) in [5.41, 5.74) is 0.448. The van der Waals surface area contributed by atoms with E-state index < -0.39 is 0 Å². The van der Waals surface area contributed by atoms with Crippen LogP contribution in [0, 0.1) is 5.41 Å². The number of carbonyl (C=O) groups is 1. The maximum atomic E-state index is 12.0. The molecular formula is C11H14N2O. The largest absolute Gasteiger partial charge is 0.319 e. The first-order chi connectivity index (χ1) is 6.78. The summed E-state index contributed by atoms with van der Waals surface area (Å²) in [4.78, 5) is 16.1. The third kappa shape index (κ3) is 1.55. The molecular weight excluding hydrogens is 176 g/mol. The Morgan fingerprint density at radius 3 is 2.86 bits per heavy atom. The molecule has 14 heavy (non-hydrogen) atoms. The number of carbonyl (C=O) groups excluding carboxylic acids is 1. The maximum Gasteiger partial charge on any atom is 0.188 e. The monoisotopic (exact) mass is 190 g/mol. The van der Waals surface area contributed by atoms with E-state index in [0.717, 1.165) is 19.4 Å². The van der Waals surface area contributed by atoms with Crippen LogP contribution < -0.4 is 5.32 Å². The van der Waals surface area contributed by atoms with Crippen LogP contribution >= 0.6 is 0 Å². The van der Waals surface area contributed by atoms with Gasteiger partial charge < -0.3 is 5.32 Å². The molecule has 0 atom stereocenters. The van der Waals surface area contributed by atoms with Crippen LogP contribution in [-0.4, -0.2) is 24.4 Å². The quantitative estimate of drug-likeness (QED) is 0.727. The summed E-state index contributed by atoms with van der Waals surface area (Å²) in [6.45, 7) is 0.766. The van der Waals surface area contributed by atoms with Crippen LogP contribution in [0.5, 0.6) is 0 Å². The molecule has 0 unspecified atom stereocenters. The van der Waals surface area contributed by atoms with Gasteiger partial charge in [-0.3, -0.25) is 9.78 Å². The van der Waals surface area contributed by atoms with Crippen molar-refractivity contribution in [1.82, 2.24) is 10.3 Å². The van der Waals surface area contributed by atoms with Crippen LogP contribution in [0.1, 0.15) is 23.3 Å². The van der Waals surface area contributed by atoms with Crippen LogP contribution in [0.4, 0.5) is 0 Å². The molecule has 0 saturated heterocycles. The lowest BCUT2D eigenvalue weighted by atomic mass is 9.98. The fourth-order valence-corrected chi connectivity index (χ4v) is 1.74. The van der Waals surface area contributed by atoms with E-state index in [4.69, 9.17) is 0 Å². The average molecular weight is 190 g/mol. The average Bonchev–Trinajstić information content (AvgIpc) is 3.00. The van der Waals surface area contributed by atoms with E-state index in [9.17, 15) is 4.79 Å². The minimum absolute atomic E-state index is 0.150. The first-order valence-electron chi connectivity index (χ1n) is 4.89. The predicted molar refractivity (Wildman–Crippen MR) is 54.2 cm³/mol. The fourth-order valence-electron chi connectivity index (χ4n) is 1.74. The molecule has 3 nitrogen and oxygen atoms in total. The molecule has 0 aromatic carbocycles. The van der Waals surface area contributed by atoms with Gasteiger partial charge >= 0.3 is 0 Å². The highest BCUT2D eigenvalue weighted by atomic mass is 16.1. The van der Waals surface area contributed by atoms with Gasteiger partial charge in [-0.05, 0) is 32.0 Å². The fraction of sp³-hybridized carbons (Fsp3) is 0.455. The van der Waals surface area contributed by atoms with Crippen molar-refractivity contribution in [3.63, 3.8) is 0 Å². The molecule has 1 aliphatic carbocycles. The van der Waals surface area contributed by atoms with Gasteiger partial charge in [-0.25, -0.2) is 0 Å². The van der Waals surface area contributed by atoms with Crippen molar-refractivity contribution in [2.45, 2.75) is 12.8 Å². The van der Waals surface area contributed by atoms with Crippen molar-refractivity contribution >= 4 is 5.78 Å². The number of rotatable bonds is 4. The van der Waals surface area contributed by atoms with E-state index in [1.54, 1.807) is 12.3 Å². The van der Waals surface area contributed by atoms with Gasteiger partial charge in [0.1, 0.15) is 5.69 Å². The highest BCUT2D eigenvalue weighted by Crippen LogP contribution is 2.47. The van der Waals surface area contributed by atoms with Gasteiger partial charge in [-0.15, -0.1) is 0 Å². The van der Waals surface area contributed by atoms with Crippen molar-refractivity contribution in [3.8, 4) is 0 Å². The molecule has 1 fully saturated rings. The molecule has 74 valence electrons. The number of ketones is 1. The molecule has 0 aliphatic heterocycles. The lowest BCUT2D eigenvalue weighted by Gasteiger charge is -2.11. The normalized spacial score (nSPS) is 17.8. The molecule has 0 bridgehead atoms. The summed E-state index contributed by atoms with van der Waals surface area (Å²) in [7, 11) is 1.88. The zero-order valence-corrected chi connectivity index (χ0v) is 8.29. The molecule has 1 aliphatic rings. The molecule has 1 heterocycles. The minimum Gasteiger partial charge on any atom is -0.319 e. The smallest absolute Gasteiger partial charge is 0.188 e. The van der Waals surface area contributed by atoms with E-state index in [1.165, 1.54) is 0 Å². The lowest BCUT2D eigenvalue weighted by molar-refractivity contribution is 0.0895. The number of nitrogens with one attached hydrogen (secondary N) is 1. The Bertz CT molecular complexity index is 330. The Morgan fingerprint density at radius 1 is 1.57 bits per heavy atom. The molecule has 0 radical (unpaired) electrons. The zero-order chi connectivity index (χ0) is 10.0. The molecule has 1 saturated carbocycles. The van der Waals surface area contributed by atoms with Gasteiger partial charge in [0, 0.05) is 18.2 Å². The summed E-state index contributed by atoms with van der Waals surface area (Å²) in [6, 6.07) is 5.47. The number of aromatic nitrogens is 1. The van der Waals surface area contributed by atoms with Gasteiger partial charge in [0.2, 0.25) is 0 Å². The summed E-state index contributed by atoms with van der Waals surface area (Å²) in [5.74, 6) is 0.187. The van der Waals surface area contributed by atoms with E-state index in [0.29, 0.717) is 5.69 Å². The van der Waals surface area contributed by atoms with Crippen molar-refractivity contribution in [3.05, 3.63) is 30.1 Å². The van der Waals surface area contributed by atoms with E-state index in [2.05, 4.69) is 10.3 Å². The summed E-state index contributed by atoms with van der Waals surface area (Å²) < 4.78 is 0. The Labute approximate surface area is 83.5 Å². The zero-order valence-electron chi connectivity index (χ0n) is 8.29. The Balaban J connectivity index is 2.17. The van der Waals surface area contributed by atoms with Crippen molar-refractivity contribution in [2.75, 3.05) is 13.6 Å². The molecule has 1 aromatic rings. The predicted octanol–water partition coefficient (Wildman–Crippen LogP) is 1.26. The minimum atomic E-state index is -0.150. The van der Waals surface area contributed by atoms with Crippen LogP contribution in [0.15, 0.2) is 24.4 Å². The first-order valence-corrected chi connectivity index (χ1v) is 4.89. The summed E-state index contributed by atoms with van der Waals surface area (Å²) in [5, 5.41) is 3.07. The van der Waals surface area contributed by atoms with E-state index >= 15 is 0 Å². The number of nitrogens with zero attached hydrogens (tertiary/aromatic N) is 1. The van der Waals surface area contributed by atoms with Gasteiger partial charge in [0.05, 0.1) is 0 Å². The van der Waals surface area contributed by atoms with E-state index in [-0.39, 0.29) is 11.2 Å². The Hall–Kier alpha value is -1.22. The summed E-state index contributed by atoms with van der Waals surface area (Å²) in [6.07, 6.45) is 3.65. The molecule has 1 aromatic heterocycles.